The van der Waals surface area contributed by atoms with Crippen LogP contribution < -0.4 is 10.5 Å². The Morgan fingerprint density at radius 1 is 1.44 bits per heavy atom. The third kappa shape index (κ3) is 3.77. The highest BCUT2D eigenvalue weighted by Crippen LogP contribution is 2.23. The molecule has 0 aliphatic rings. The Balaban J connectivity index is 3.07. The van der Waals surface area contributed by atoms with Crippen molar-refractivity contribution in [3.63, 3.8) is 0 Å². The van der Waals surface area contributed by atoms with E-state index in [2.05, 4.69) is 20.7 Å². The highest BCUT2D eigenvalue weighted by atomic mass is 79.9. The molecular formula is C10H13BrN2O4S. The topological polar surface area (TPSA) is 109 Å². The lowest BCUT2D eigenvalue weighted by molar-refractivity contribution is 0.0696. The van der Waals surface area contributed by atoms with Crippen LogP contribution in [-0.4, -0.2) is 32.6 Å². The average molecular weight is 337 g/mol. The van der Waals surface area contributed by atoms with E-state index in [4.69, 9.17) is 10.8 Å². The molecule has 100 valence electrons. The number of carbonyl (C=O) groups is 1. The zero-order valence-electron chi connectivity index (χ0n) is 9.39. The zero-order chi connectivity index (χ0) is 13.8. The average Bonchev–Trinajstić information content (AvgIpc) is 2.29. The first kappa shape index (κ1) is 15.1. The molecule has 18 heavy (non-hydrogen) atoms. The zero-order valence-corrected chi connectivity index (χ0v) is 11.8. The van der Waals surface area contributed by atoms with Gasteiger partial charge in [0.25, 0.3) is 0 Å². The molecule has 4 N–H and O–H groups in total. The van der Waals surface area contributed by atoms with Crippen molar-refractivity contribution >= 4 is 31.9 Å². The number of nitrogens with one attached hydrogen (secondary N) is 1. The highest BCUT2D eigenvalue weighted by Gasteiger charge is 2.19. The van der Waals surface area contributed by atoms with Gasteiger partial charge in [-0.3, -0.25) is 0 Å². The molecule has 0 atom stereocenters. The van der Waals surface area contributed by atoms with Crippen LogP contribution in [0.3, 0.4) is 0 Å². The molecule has 0 amide bonds. The highest BCUT2D eigenvalue weighted by molar-refractivity contribution is 9.10. The van der Waals surface area contributed by atoms with Crippen LogP contribution in [0.1, 0.15) is 16.8 Å². The summed E-state index contributed by atoms with van der Waals surface area (Å²) in [5.41, 5.74) is 5.18. The van der Waals surface area contributed by atoms with E-state index in [0.29, 0.717) is 17.4 Å². The van der Waals surface area contributed by atoms with Crippen LogP contribution in [0.4, 0.5) is 0 Å². The summed E-state index contributed by atoms with van der Waals surface area (Å²) in [6.45, 7) is 0.585. The number of hydrogen-bond acceptors (Lipinski definition) is 4. The number of benzene rings is 1. The molecule has 0 aromatic heterocycles. The van der Waals surface area contributed by atoms with E-state index in [1.165, 1.54) is 12.1 Å². The van der Waals surface area contributed by atoms with Crippen LogP contribution in [-0.2, 0) is 10.0 Å². The van der Waals surface area contributed by atoms with Gasteiger partial charge < -0.3 is 10.8 Å². The van der Waals surface area contributed by atoms with Crippen LogP contribution in [0.2, 0.25) is 0 Å². The second kappa shape index (κ2) is 6.28. The minimum absolute atomic E-state index is 0.0857. The van der Waals surface area contributed by atoms with E-state index < -0.39 is 16.0 Å². The number of hydrogen-bond donors (Lipinski definition) is 3. The fourth-order valence-corrected chi connectivity index (χ4v) is 3.29. The molecule has 1 aromatic carbocycles. The van der Waals surface area contributed by atoms with Crippen molar-refractivity contribution in [1.82, 2.24) is 4.72 Å². The lowest BCUT2D eigenvalue weighted by Crippen LogP contribution is -2.26. The van der Waals surface area contributed by atoms with E-state index in [1.807, 2.05) is 0 Å². The fourth-order valence-electron chi connectivity index (χ4n) is 1.23. The van der Waals surface area contributed by atoms with Gasteiger partial charge in [-0.05, 0) is 47.1 Å². The first-order valence-corrected chi connectivity index (χ1v) is 7.38. The number of halogens is 1. The Labute approximate surface area is 113 Å². The molecule has 0 unspecified atom stereocenters. The van der Waals surface area contributed by atoms with Gasteiger partial charge in [0.1, 0.15) is 0 Å². The molecule has 0 bridgehead atoms. The summed E-state index contributed by atoms with van der Waals surface area (Å²) in [5, 5.41) is 8.83. The fraction of sp³-hybridized carbons (Fsp3) is 0.300. The minimum Gasteiger partial charge on any atom is -0.478 e. The molecule has 0 saturated heterocycles. The van der Waals surface area contributed by atoms with Crippen molar-refractivity contribution < 1.29 is 18.3 Å². The molecule has 0 radical (unpaired) electrons. The maximum atomic E-state index is 11.9. The molecule has 1 rings (SSSR count). The van der Waals surface area contributed by atoms with Crippen molar-refractivity contribution in [3.05, 3.63) is 28.2 Å². The van der Waals surface area contributed by atoms with Crippen LogP contribution in [0.15, 0.2) is 27.6 Å². The first-order chi connectivity index (χ1) is 8.38. The monoisotopic (exact) mass is 336 g/mol. The minimum atomic E-state index is -3.73. The Kier molecular flexibility index (Phi) is 5.27. The molecule has 0 saturated carbocycles. The van der Waals surface area contributed by atoms with Crippen molar-refractivity contribution in [2.75, 3.05) is 13.1 Å². The molecule has 6 nitrogen and oxygen atoms in total. The first-order valence-electron chi connectivity index (χ1n) is 5.11. The molecule has 0 spiro atoms. The molecular weight excluding hydrogens is 324 g/mol. The summed E-state index contributed by atoms with van der Waals surface area (Å²) in [6, 6.07) is 3.82. The van der Waals surface area contributed by atoms with Gasteiger partial charge in [-0.1, -0.05) is 0 Å². The Bertz CT molecular complexity index is 545. The molecule has 1 aromatic rings. The van der Waals surface area contributed by atoms with Crippen LogP contribution in [0.25, 0.3) is 0 Å². The standard InChI is InChI=1S/C10H13BrN2O4S/c11-8-3-2-7(10(14)15)6-9(8)18(16,17)13-5-1-4-12/h2-3,6,13H,1,4-5,12H2,(H,14,15). The van der Waals surface area contributed by atoms with E-state index in [9.17, 15) is 13.2 Å². The third-order valence-electron chi connectivity index (χ3n) is 2.14. The predicted octanol–water partition coefficient (Wildman–Crippen LogP) is 0.774. The smallest absolute Gasteiger partial charge is 0.335 e. The molecule has 0 fully saturated rings. The van der Waals surface area contributed by atoms with Gasteiger partial charge in [0.2, 0.25) is 10.0 Å². The molecule has 0 aliphatic heterocycles. The Morgan fingerprint density at radius 3 is 2.67 bits per heavy atom. The number of nitrogens with two attached hydrogens (primary N) is 1. The van der Waals surface area contributed by atoms with E-state index in [0.717, 1.165) is 6.07 Å². The maximum Gasteiger partial charge on any atom is 0.335 e. The van der Waals surface area contributed by atoms with Crippen molar-refractivity contribution in [2.24, 2.45) is 5.73 Å². The summed E-state index contributed by atoms with van der Waals surface area (Å²) in [4.78, 5) is 10.7. The normalized spacial score (nSPS) is 11.4. The van der Waals surface area contributed by atoms with Crippen LogP contribution in [0.5, 0.6) is 0 Å². The second-order valence-electron chi connectivity index (χ2n) is 3.49. The van der Waals surface area contributed by atoms with Gasteiger partial charge in [-0.15, -0.1) is 0 Å². The second-order valence-corrected chi connectivity index (χ2v) is 6.08. The quantitative estimate of drug-likeness (QED) is 0.665. The van der Waals surface area contributed by atoms with E-state index in [1.54, 1.807) is 0 Å². The van der Waals surface area contributed by atoms with E-state index >= 15 is 0 Å². The predicted molar refractivity (Wildman–Crippen MR) is 70.0 cm³/mol. The summed E-state index contributed by atoms with van der Waals surface area (Å²) >= 11 is 3.09. The van der Waals surface area contributed by atoms with Gasteiger partial charge in [-0.25, -0.2) is 17.9 Å². The molecule has 0 aliphatic carbocycles. The van der Waals surface area contributed by atoms with Crippen molar-refractivity contribution in [1.29, 1.82) is 0 Å². The summed E-state index contributed by atoms with van der Waals surface area (Å²) < 4.78 is 26.5. The lowest BCUT2D eigenvalue weighted by atomic mass is 10.2. The Morgan fingerprint density at radius 2 is 2.11 bits per heavy atom. The largest absolute Gasteiger partial charge is 0.478 e. The van der Waals surface area contributed by atoms with Crippen molar-refractivity contribution in [2.45, 2.75) is 11.3 Å². The third-order valence-corrected chi connectivity index (χ3v) is 4.60. The lowest BCUT2D eigenvalue weighted by Gasteiger charge is -2.08. The van der Waals surface area contributed by atoms with Crippen LogP contribution >= 0.6 is 15.9 Å². The van der Waals surface area contributed by atoms with Crippen LogP contribution in [0, 0.1) is 0 Å². The van der Waals surface area contributed by atoms with Gasteiger partial charge in [0.05, 0.1) is 10.5 Å². The number of sulfonamides is 1. The summed E-state index contributed by atoms with van der Waals surface area (Å²) in [7, 11) is -3.73. The number of carboxylic acid groups (broad SMARTS) is 1. The molecule has 0 heterocycles. The van der Waals surface area contributed by atoms with Gasteiger partial charge in [0.15, 0.2) is 0 Å². The van der Waals surface area contributed by atoms with Gasteiger partial charge in [-0.2, -0.15) is 0 Å². The van der Waals surface area contributed by atoms with E-state index in [-0.39, 0.29) is 17.0 Å². The van der Waals surface area contributed by atoms with Gasteiger partial charge in [0, 0.05) is 11.0 Å². The maximum absolute atomic E-state index is 11.9. The number of carboxylic acids is 1. The van der Waals surface area contributed by atoms with Gasteiger partial charge >= 0.3 is 5.97 Å². The SMILES string of the molecule is NCCCNS(=O)(=O)c1cc(C(=O)O)ccc1Br. The Hall–Kier alpha value is -0.960. The summed E-state index contributed by atoms with van der Waals surface area (Å²) in [5.74, 6) is -1.18. The molecule has 8 heteroatoms. The van der Waals surface area contributed by atoms with Crippen molar-refractivity contribution in [3.8, 4) is 0 Å². The summed E-state index contributed by atoms with van der Waals surface area (Å²) in [6.07, 6.45) is 0.509. The number of rotatable bonds is 6. The number of aromatic carboxylic acids is 1.